The molecule has 0 fully saturated rings. The molecular weight excluding hydrogens is 424 g/mol. The molecule has 0 bridgehead atoms. The minimum atomic E-state index is -1.13. The molecule has 7 nitrogen and oxygen atoms in total. The number of methoxy groups -OCH3 is 1. The van der Waals surface area contributed by atoms with Crippen LogP contribution < -0.4 is 14.8 Å². The number of benzene rings is 2. The fraction of sp³-hybridized carbons (Fsp3) is 0.190. The number of rotatable bonds is 6. The minimum Gasteiger partial charge on any atom is -0.497 e. The summed E-state index contributed by atoms with van der Waals surface area (Å²) < 4.78 is 12.7. The lowest BCUT2D eigenvalue weighted by atomic mass is 10.1. The SMILES string of the molecule is COc1ccc(-c2csc3nc(NC(=O)C(C)(C)Oc4ccc(Cl)cc4)nn23)cc1. The Labute approximate surface area is 182 Å². The van der Waals surface area contributed by atoms with Gasteiger partial charge in [0, 0.05) is 16.0 Å². The summed E-state index contributed by atoms with van der Waals surface area (Å²) >= 11 is 7.34. The van der Waals surface area contributed by atoms with Crippen molar-refractivity contribution in [3.05, 3.63) is 58.9 Å². The van der Waals surface area contributed by atoms with E-state index in [2.05, 4.69) is 15.4 Å². The summed E-state index contributed by atoms with van der Waals surface area (Å²) in [6.07, 6.45) is 0. The second kappa shape index (κ2) is 7.97. The summed E-state index contributed by atoms with van der Waals surface area (Å²) in [5.41, 5.74) is 0.712. The number of thiazole rings is 1. The second-order valence-corrected chi connectivity index (χ2v) is 8.27. The predicted octanol–water partition coefficient (Wildman–Crippen LogP) is 4.92. The Balaban J connectivity index is 1.52. The molecule has 4 aromatic rings. The van der Waals surface area contributed by atoms with E-state index < -0.39 is 5.60 Å². The van der Waals surface area contributed by atoms with Crippen LogP contribution in [-0.2, 0) is 4.79 Å². The molecule has 1 N–H and O–H groups in total. The summed E-state index contributed by atoms with van der Waals surface area (Å²) in [5, 5.41) is 9.75. The number of carbonyl (C=O) groups is 1. The number of fused-ring (bicyclic) bond motifs is 1. The zero-order chi connectivity index (χ0) is 21.3. The van der Waals surface area contributed by atoms with E-state index >= 15 is 0 Å². The van der Waals surface area contributed by atoms with E-state index in [1.165, 1.54) is 11.3 Å². The van der Waals surface area contributed by atoms with Crippen molar-refractivity contribution in [3.8, 4) is 22.8 Å². The third kappa shape index (κ3) is 4.10. The normalized spacial score (nSPS) is 11.5. The Morgan fingerprint density at radius 3 is 2.43 bits per heavy atom. The smallest absolute Gasteiger partial charge is 0.270 e. The van der Waals surface area contributed by atoms with Gasteiger partial charge in [0.05, 0.1) is 12.8 Å². The van der Waals surface area contributed by atoms with Crippen LogP contribution in [-0.4, -0.2) is 33.2 Å². The van der Waals surface area contributed by atoms with Gasteiger partial charge in [0.25, 0.3) is 11.9 Å². The van der Waals surface area contributed by atoms with Crippen LogP contribution >= 0.6 is 22.9 Å². The van der Waals surface area contributed by atoms with Gasteiger partial charge in [-0.2, -0.15) is 4.98 Å². The predicted molar refractivity (Wildman–Crippen MR) is 118 cm³/mol. The summed E-state index contributed by atoms with van der Waals surface area (Å²) in [4.78, 5) is 17.8. The number of hydrogen-bond acceptors (Lipinski definition) is 6. The van der Waals surface area contributed by atoms with Crippen LogP contribution in [0.25, 0.3) is 16.2 Å². The summed E-state index contributed by atoms with van der Waals surface area (Å²) in [6.45, 7) is 3.36. The molecule has 2 aromatic carbocycles. The topological polar surface area (TPSA) is 77.8 Å². The first-order valence-electron chi connectivity index (χ1n) is 9.10. The van der Waals surface area contributed by atoms with Crippen molar-refractivity contribution in [2.75, 3.05) is 12.4 Å². The molecule has 0 unspecified atom stereocenters. The molecule has 0 aliphatic heterocycles. The number of halogens is 1. The quantitative estimate of drug-likeness (QED) is 0.458. The Morgan fingerprint density at radius 2 is 1.77 bits per heavy atom. The van der Waals surface area contributed by atoms with E-state index in [-0.39, 0.29) is 11.9 Å². The highest BCUT2D eigenvalue weighted by atomic mass is 35.5. The van der Waals surface area contributed by atoms with Crippen molar-refractivity contribution in [2.24, 2.45) is 0 Å². The standard InChI is InChI=1S/C21H19ClN4O3S/c1-21(2,29-16-10-6-14(22)7-11-16)18(27)23-19-24-20-26(25-19)17(12-30-20)13-4-8-15(28-3)9-5-13/h4-12H,1-3H3,(H,23,25,27). The number of anilines is 1. The van der Waals surface area contributed by atoms with Crippen LogP contribution in [0.15, 0.2) is 53.9 Å². The molecule has 9 heteroatoms. The highest BCUT2D eigenvalue weighted by Crippen LogP contribution is 2.28. The zero-order valence-corrected chi connectivity index (χ0v) is 18.1. The number of amides is 1. The average Bonchev–Trinajstić information content (AvgIpc) is 3.30. The van der Waals surface area contributed by atoms with Gasteiger partial charge in [0.2, 0.25) is 4.96 Å². The first-order chi connectivity index (χ1) is 14.4. The van der Waals surface area contributed by atoms with E-state index in [0.717, 1.165) is 17.0 Å². The molecule has 0 saturated carbocycles. The van der Waals surface area contributed by atoms with Gasteiger partial charge in [0.1, 0.15) is 11.5 Å². The van der Waals surface area contributed by atoms with Crippen molar-refractivity contribution in [3.63, 3.8) is 0 Å². The second-order valence-electron chi connectivity index (χ2n) is 7.00. The maximum Gasteiger partial charge on any atom is 0.270 e. The fourth-order valence-electron chi connectivity index (χ4n) is 2.79. The van der Waals surface area contributed by atoms with Crippen LogP contribution in [0, 0.1) is 0 Å². The third-order valence-corrected chi connectivity index (χ3v) is 5.49. The van der Waals surface area contributed by atoms with E-state index in [9.17, 15) is 4.79 Å². The Bertz CT molecular complexity index is 1180. The summed E-state index contributed by atoms with van der Waals surface area (Å²) in [6, 6.07) is 14.5. The molecule has 2 aromatic heterocycles. The van der Waals surface area contributed by atoms with Crippen LogP contribution in [0.4, 0.5) is 5.95 Å². The Morgan fingerprint density at radius 1 is 1.10 bits per heavy atom. The van der Waals surface area contributed by atoms with Gasteiger partial charge in [-0.1, -0.05) is 11.6 Å². The van der Waals surface area contributed by atoms with Gasteiger partial charge < -0.3 is 9.47 Å². The lowest BCUT2D eigenvalue weighted by Crippen LogP contribution is -2.42. The molecule has 0 aliphatic carbocycles. The molecule has 0 spiro atoms. The van der Waals surface area contributed by atoms with Crippen LogP contribution in [0.1, 0.15) is 13.8 Å². The van der Waals surface area contributed by atoms with Crippen LogP contribution in [0.3, 0.4) is 0 Å². The Kier molecular flexibility index (Phi) is 5.36. The summed E-state index contributed by atoms with van der Waals surface area (Å²) in [7, 11) is 1.63. The maximum atomic E-state index is 12.8. The van der Waals surface area contributed by atoms with Crippen molar-refractivity contribution in [1.29, 1.82) is 0 Å². The minimum absolute atomic E-state index is 0.217. The van der Waals surface area contributed by atoms with Crippen LogP contribution in [0.2, 0.25) is 5.02 Å². The van der Waals surface area contributed by atoms with E-state index in [1.807, 2.05) is 29.6 Å². The highest BCUT2D eigenvalue weighted by molar-refractivity contribution is 7.15. The number of carbonyl (C=O) groups excluding carboxylic acids is 1. The number of nitrogens with zero attached hydrogens (tertiary/aromatic N) is 3. The van der Waals surface area contributed by atoms with Gasteiger partial charge in [-0.25, -0.2) is 4.52 Å². The van der Waals surface area contributed by atoms with Crippen molar-refractivity contribution < 1.29 is 14.3 Å². The van der Waals surface area contributed by atoms with Gasteiger partial charge in [0.15, 0.2) is 5.60 Å². The Hall–Kier alpha value is -3.10. The lowest BCUT2D eigenvalue weighted by molar-refractivity contribution is -0.128. The highest BCUT2D eigenvalue weighted by Gasteiger charge is 2.31. The number of nitrogens with one attached hydrogen (secondary N) is 1. The fourth-order valence-corrected chi connectivity index (χ4v) is 3.75. The maximum absolute atomic E-state index is 12.8. The molecule has 0 atom stereocenters. The molecule has 4 rings (SSSR count). The van der Waals surface area contributed by atoms with Crippen LogP contribution in [0.5, 0.6) is 11.5 Å². The van der Waals surface area contributed by atoms with E-state index in [1.54, 1.807) is 49.7 Å². The number of hydrogen-bond donors (Lipinski definition) is 1. The molecule has 0 radical (unpaired) electrons. The average molecular weight is 443 g/mol. The van der Waals surface area contributed by atoms with Gasteiger partial charge in [-0.05, 0) is 62.4 Å². The molecule has 154 valence electrons. The van der Waals surface area contributed by atoms with E-state index in [0.29, 0.717) is 15.7 Å². The van der Waals surface area contributed by atoms with Crippen molar-refractivity contribution in [1.82, 2.24) is 14.6 Å². The molecular formula is C21H19ClN4O3S. The van der Waals surface area contributed by atoms with Gasteiger partial charge in [-0.3, -0.25) is 10.1 Å². The monoisotopic (exact) mass is 442 g/mol. The number of ether oxygens (including phenoxy) is 2. The number of aromatic nitrogens is 3. The molecule has 1 amide bonds. The largest absolute Gasteiger partial charge is 0.497 e. The lowest BCUT2D eigenvalue weighted by Gasteiger charge is -2.24. The van der Waals surface area contributed by atoms with Gasteiger partial charge >= 0.3 is 0 Å². The van der Waals surface area contributed by atoms with Crippen molar-refractivity contribution in [2.45, 2.75) is 19.4 Å². The zero-order valence-electron chi connectivity index (χ0n) is 16.5. The van der Waals surface area contributed by atoms with Crippen molar-refractivity contribution >= 4 is 39.8 Å². The van der Waals surface area contributed by atoms with Gasteiger partial charge in [-0.15, -0.1) is 16.4 Å². The van der Waals surface area contributed by atoms with E-state index in [4.69, 9.17) is 21.1 Å². The first-order valence-corrected chi connectivity index (χ1v) is 10.4. The first kappa shape index (κ1) is 20.2. The molecule has 0 aliphatic rings. The summed E-state index contributed by atoms with van der Waals surface area (Å²) in [5.74, 6) is 1.18. The molecule has 2 heterocycles. The third-order valence-electron chi connectivity index (χ3n) is 4.43. The molecule has 30 heavy (non-hydrogen) atoms. The molecule has 0 saturated heterocycles.